The fourth-order valence-corrected chi connectivity index (χ4v) is 3.92. The van der Waals surface area contributed by atoms with Crippen molar-refractivity contribution in [3.63, 3.8) is 0 Å². The number of pyridine rings is 1. The maximum atomic E-state index is 13.6. The Morgan fingerprint density at radius 2 is 1.79 bits per heavy atom. The summed E-state index contributed by atoms with van der Waals surface area (Å²) in [5.41, 5.74) is 2.34. The maximum absolute atomic E-state index is 13.6. The second-order valence-electron chi connectivity index (χ2n) is 7.97. The molecule has 0 spiro atoms. The summed E-state index contributed by atoms with van der Waals surface area (Å²) >= 11 is 0. The second kappa shape index (κ2) is 8.47. The van der Waals surface area contributed by atoms with Crippen LogP contribution >= 0.6 is 0 Å². The fourth-order valence-electron chi connectivity index (χ4n) is 3.92. The number of hydrogen-bond acceptors (Lipinski definition) is 6. The highest BCUT2D eigenvalue weighted by Crippen LogP contribution is 2.23. The summed E-state index contributed by atoms with van der Waals surface area (Å²) in [5.74, 6) is 1.65. The first-order chi connectivity index (χ1) is 16.5. The second-order valence-corrected chi connectivity index (χ2v) is 7.97. The van der Waals surface area contributed by atoms with Crippen molar-refractivity contribution >= 4 is 11.0 Å². The van der Waals surface area contributed by atoms with Gasteiger partial charge in [-0.2, -0.15) is 0 Å². The van der Waals surface area contributed by atoms with Gasteiger partial charge in [0.25, 0.3) is 5.56 Å². The summed E-state index contributed by atoms with van der Waals surface area (Å²) in [7, 11) is 1.57. The van der Waals surface area contributed by atoms with Gasteiger partial charge in [-0.05, 0) is 62.4 Å². The van der Waals surface area contributed by atoms with Crippen molar-refractivity contribution in [2.75, 3.05) is 7.11 Å². The predicted octanol–water partition coefficient (Wildman–Crippen LogP) is 3.88. The van der Waals surface area contributed by atoms with E-state index in [-0.39, 0.29) is 12.2 Å². The Morgan fingerprint density at radius 3 is 2.53 bits per heavy atom. The largest absolute Gasteiger partial charge is 0.497 e. The lowest BCUT2D eigenvalue weighted by Crippen LogP contribution is -2.40. The standard InChI is InChI=1S/C26H22N4O4/c1-16-6-4-7-18(14-16)24-28-22(17(2)34-24)15-29-25(31)21-8-5-13-27-23(21)30(26(29)32)19-9-11-20(33-3)12-10-19/h4-14H,15H2,1-3H3. The molecule has 3 aromatic heterocycles. The van der Waals surface area contributed by atoms with Crippen LogP contribution in [0.3, 0.4) is 0 Å². The molecule has 0 aliphatic carbocycles. The molecule has 5 rings (SSSR count). The molecule has 5 aromatic rings. The normalized spacial score (nSPS) is 11.1. The summed E-state index contributed by atoms with van der Waals surface area (Å²) in [5, 5.41) is 0.331. The molecule has 0 aliphatic heterocycles. The van der Waals surface area contributed by atoms with Gasteiger partial charge < -0.3 is 9.15 Å². The maximum Gasteiger partial charge on any atom is 0.337 e. The number of nitrogens with zero attached hydrogens (tertiary/aromatic N) is 4. The van der Waals surface area contributed by atoms with Crippen LogP contribution < -0.4 is 16.0 Å². The summed E-state index contributed by atoms with van der Waals surface area (Å²) in [6.45, 7) is 3.74. The van der Waals surface area contributed by atoms with Crippen molar-refractivity contribution in [3.8, 4) is 22.9 Å². The van der Waals surface area contributed by atoms with Crippen LogP contribution in [-0.4, -0.2) is 26.2 Å². The summed E-state index contributed by atoms with van der Waals surface area (Å²) < 4.78 is 13.7. The van der Waals surface area contributed by atoms with Crippen molar-refractivity contribution < 1.29 is 9.15 Å². The monoisotopic (exact) mass is 454 g/mol. The van der Waals surface area contributed by atoms with Crippen LogP contribution in [0.5, 0.6) is 5.75 Å². The van der Waals surface area contributed by atoms with Crippen LogP contribution in [0.2, 0.25) is 0 Å². The molecule has 0 N–H and O–H groups in total. The minimum Gasteiger partial charge on any atom is -0.497 e. The molecular formula is C26H22N4O4. The summed E-state index contributed by atoms with van der Waals surface area (Å²) in [6.07, 6.45) is 1.56. The zero-order chi connectivity index (χ0) is 23.8. The van der Waals surface area contributed by atoms with Crippen LogP contribution in [0.25, 0.3) is 28.2 Å². The van der Waals surface area contributed by atoms with Crippen molar-refractivity contribution in [3.05, 3.63) is 105 Å². The number of oxazole rings is 1. The molecule has 170 valence electrons. The van der Waals surface area contributed by atoms with Crippen LogP contribution in [-0.2, 0) is 6.54 Å². The van der Waals surface area contributed by atoms with Gasteiger partial charge in [-0.15, -0.1) is 0 Å². The van der Waals surface area contributed by atoms with E-state index in [0.29, 0.717) is 34.2 Å². The topological polar surface area (TPSA) is 92.1 Å². The molecule has 0 unspecified atom stereocenters. The van der Waals surface area contributed by atoms with Gasteiger partial charge in [-0.1, -0.05) is 17.7 Å². The highest BCUT2D eigenvalue weighted by atomic mass is 16.5. The molecule has 0 saturated carbocycles. The van der Waals surface area contributed by atoms with Gasteiger partial charge in [0.2, 0.25) is 5.89 Å². The SMILES string of the molecule is COc1ccc(-n2c(=O)n(Cc3nc(-c4cccc(C)c4)oc3C)c(=O)c3cccnc32)cc1. The molecule has 0 saturated heterocycles. The first-order valence-corrected chi connectivity index (χ1v) is 10.7. The highest BCUT2D eigenvalue weighted by Gasteiger charge is 2.19. The van der Waals surface area contributed by atoms with E-state index in [9.17, 15) is 9.59 Å². The molecule has 8 heteroatoms. The minimum atomic E-state index is -0.513. The number of fused-ring (bicyclic) bond motifs is 1. The minimum absolute atomic E-state index is 0.0280. The molecule has 8 nitrogen and oxygen atoms in total. The molecule has 0 amide bonds. The molecular weight excluding hydrogens is 432 g/mol. The van der Waals surface area contributed by atoms with E-state index in [4.69, 9.17) is 9.15 Å². The lowest BCUT2D eigenvalue weighted by Gasteiger charge is -2.13. The average molecular weight is 454 g/mol. The van der Waals surface area contributed by atoms with Gasteiger partial charge in [0.15, 0.2) is 5.65 Å². The van der Waals surface area contributed by atoms with Gasteiger partial charge in [0, 0.05) is 11.8 Å². The van der Waals surface area contributed by atoms with Gasteiger partial charge in [0.1, 0.15) is 17.2 Å². The van der Waals surface area contributed by atoms with E-state index >= 15 is 0 Å². The van der Waals surface area contributed by atoms with Crippen LogP contribution in [0.4, 0.5) is 0 Å². The van der Waals surface area contributed by atoms with Crippen LogP contribution in [0.1, 0.15) is 17.0 Å². The van der Waals surface area contributed by atoms with Crippen molar-refractivity contribution in [1.29, 1.82) is 0 Å². The van der Waals surface area contributed by atoms with Gasteiger partial charge in [0.05, 0.1) is 24.7 Å². The zero-order valence-electron chi connectivity index (χ0n) is 19.0. The van der Waals surface area contributed by atoms with Gasteiger partial charge >= 0.3 is 5.69 Å². The Kier molecular flexibility index (Phi) is 5.33. The molecule has 34 heavy (non-hydrogen) atoms. The summed E-state index contributed by atoms with van der Waals surface area (Å²) in [4.78, 5) is 35.8. The third kappa shape index (κ3) is 3.69. The van der Waals surface area contributed by atoms with E-state index in [0.717, 1.165) is 11.1 Å². The Bertz CT molecular complexity index is 1630. The molecule has 0 bridgehead atoms. The molecule has 3 heterocycles. The molecule has 0 radical (unpaired) electrons. The predicted molar refractivity (Wildman–Crippen MR) is 129 cm³/mol. The average Bonchev–Trinajstić information content (AvgIpc) is 3.22. The first-order valence-electron chi connectivity index (χ1n) is 10.7. The van der Waals surface area contributed by atoms with E-state index in [1.165, 1.54) is 9.13 Å². The smallest absolute Gasteiger partial charge is 0.337 e. The van der Waals surface area contributed by atoms with Gasteiger partial charge in [-0.25, -0.2) is 19.3 Å². The third-order valence-corrected chi connectivity index (χ3v) is 5.69. The molecule has 2 aromatic carbocycles. The van der Waals surface area contributed by atoms with E-state index in [2.05, 4.69) is 9.97 Å². The van der Waals surface area contributed by atoms with Crippen molar-refractivity contribution in [2.24, 2.45) is 0 Å². The number of methoxy groups -OCH3 is 1. The number of aromatic nitrogens is 4. The zero-order valence-corrected chi connectivity index (χ0v) is 19.0. The van der Waals surface area contributed by atoms with E-state index in [1.54, 1.807) is 56.6 Å². The lowest BCUT2D eigenvalue weighted by atomic mass is 10.1. The number of benzene rings is 2. The number of aryl methyl sites for hydroxylation is 2. The first kappa shape index (κ1) is 21.4. The quantitative estimate of drug-likeness (QED) is 0.400. The molecule has 0 fully saturated rings. The van der Waals surface area contributed by atoms with Gasteiger partial charge in [-0.3, -0.25) is 9.36 Å². The van der Waals surface area contributed by atoms with Crippen molar-refractivity contribution in [2.45, 2.75) is 20.4 Å². The fraction of sp³-hybridized carbons (Fsp3) is 0.154. The number of rotatable bonds is 5. The highest BCUT2D eigenvalue weighted by molar-refractivity contribution is 5.75. The number of ether oxygens (including phenoxy) is 1. The van der Waals surface area contributed by atoms with Crippen LogP contribution in [0.15, 0.2) is 80.9 Å². The Labute approximate surface area is 194 Å². The Balaban J connectivity index is 1.66. The third-order valence-electron chi connectivity index (χ3n) is 5.69. The van der Waals surface area contributed by atoms with E-state index in [1.807, 2.05) is 31.2 Å². The van der Waals surface area contributed by atoms with Crippen LogP contribution in [0, 0.1) is 13.8 Å². The lowest BCUT2D eigenvalue weighted by molar-refractivity contribution is 0.414. The molecule has 0 atom stereocenters. The Hall–Kier alpha value is -4.46. The van der Waals surface area contributed by atoms with Crippen molar-refractivity contribution in [1.82, 2.24) is 19.1 Å². The number of hydrogen-bond donors (Lipinski definition) is 0. The molecule has 0 aliphatic rings. The summed E-state index contributed by atoms with van der Waals surface area (Å²) in [6, 6.07) is 18.1. The van der Waals surface area contributed by atoms with E-state index < -0.39 is 11.2 Å². The Morgan fingerprint density at radius 1 is 1.00 bits per heavy atom.